The molecule has 5 nitrogen and oxygen atoms in total. The highest BCUT2D eigenvalue weighted by Gasteiger charge is 2.31. The lowest BCUT2D eigenvalue weighted by atomic mass is 10.1. The highest BCUT2D eigenvalue weighted by Crippen LogP contribution is 2.33. The Labute approximate surface area is 102 Å². The van der Waals surface area contributed by atoms with Gasteiger partial charge < -0.3 is 15.2 Å². The van der Waals surface area contributed by atoms with Gasteiger partial charge in [0, 0.05) is 5.39 Å². The number of carbonyl (C=O) groups is 1. The number of carboxylic acids is 1. The van der Waals surface area contributed by atoms with Crippen LogP contribution < -0.4 is 5.56 Å². The minimum Gasteiger partial charge on any atom is -0.505 e. The predicted molar refractivity (Wildman–Crippen MR) is 58.2 cm³/mol. The Balaban J connectivity index is 2.88. The number of hydrogen-bond acceptors (Lipinski definition) is 3. The number of aromatic carboxylic acids is 1. The van der Waals surface area contributed by atoms with Crippen LogP contribution in [0.2, 0.25) is 0 Å². The van der Waals surface area contributed by atoms with Crippen LogP contribution in [0.5, 0.6) is 5.75 Å². The molecule has 0 amide bonds. The number of benzene rings is 1. The quantitative estimate of drug-likeness (QED) is 0.740. The summed E-state index contributed by atoms with van der Waals surface area (Å²) in [5, 5.41) is 17.7. The van der Waals surface area contributed by atoms with Crippen molar-refractivity contribution in [3.8, 4) is 5.75 Å². The van der Waals surface area contributed by atoms with Crippen molar-refractivity contribution >= 4 is 16.7 Å². The third-order valence-electron chi connectivity index (χ3n) is 2.54. The molecule has 2 rings (SSSR count). The van der Waals surface area contributed by atoms with Gasteiger partial charge >= 0.3 is 12.1 Å². The average Bonchev–Trinajstić information content (AvgIpc) is 2.31. The molecule has 0 aliphatic heterocycles. The van der Waals surface area contributed by atoms with E-state index in [-0.39, 0.29) is 5.39 Å². The molecule has 0 unspecified atom stereocenters. The van der Waals surface area contributed by atoms with Crippen LogP contribution in [0.15, 0.2) is 23.0 Å². The lowest BCUT2D eigenvalue weighted by molar-refractivity contribution is -0.137. The van der Waals surface area contributed by atoms with Crippen molar-refractivity contribution in [2.45, 2.75) is 6.18 Å². The van der Waals surface area contributed by atoms with E-state index in [0.29, 0.717) is 12.1 Å². The van der Waals surface area contributed by atoms with E-state index in [1.807, 2.05) is 4.98 Å². The predicted octanol–water partition coefficient (Wildman–Crippen LogP) is 1.95. The van der Waals surface area contributed by atoms with E-state index in [1.165, 1.54) is 0 Å². The fourth-order valence-corrected chi connectivity index (χ4v) is 1.64. The van der Waals surface area contributed by atoms with Gasteiger partial charge in [0.25, 0.3) is 5.56 Å². The van der Waals surface area contributed by atoms with Gasteiger partial charge in [0.1, 0.15) is 0 Å². The number of nitrogens with one attached hydrogen (secondary N) is 1. The second kappa shape index (κ2) is 4.01. The zero-order valence-electron chi connectivity index (χ0n) is 9.08. The first kappa shape index (κ1) is 12.9. The summed E-state index contributed by atoms with van der Waals surface area (Å²) in [7, 11) is 0. The molecule has 19 heavy (non-hydrogen) atoms. The minimum atomic E-state index is -4.66. The molecule has 1 aromatic carbocycles. The molecular weight excluding hydrogens is 267 g/mol. The van der Waals surface area contributed by atoms with Crippen molar-refractivity contribution in [2.75, 3.05) is 0 Å². The Bertz CT molecular complexity index is 733. The van der Waals surface area contributed by atoms with Gasteiger partial charge in [-0.3, -0.25) is 4.79 Å². The van der Waals surface area contributed by atoms with Crippen molar-refractivity contribution in [3.63, 3.8) is 0 Å². The summed E-state index contributed by atoms with van der Waals surface area (Å²) in [6, 6.07) is 2.09. The first-order valence-corrected chi connectivity index (χ1v) is 4.91. The second-order valence-corrected chi connectivity index (χ2v) is 3.74. The summed E-state index contributed by atoms with van der Waals surface area (Å²) in [6.07, 6.45) is -4.66. The number of carboxylic acid groups (broad SMARTS) is 1. The molecule has 1 heterocycles. The Morgan fingerprint density at radius 1 is 1.21 bits per heavy atom. The molecule has 0 atom stereocenters. The minimum absolute atomic E-state index is 0.226. The third-order valence-corrected chi connectivity index (χ3v) is 2.54. The Morgan fingerprint density at radius 2 is 1.84 bits per heavy atom. The third kappa shape index (κ3) is 2.12. The van der Waals surface area contributed by atoms with Crippen LogP contribution >= 0.6 is 0 Å². The Hall–Kier alpha value is -2.51. The normalized spacial score (nSPS) is 11.7. The molecule has 8 heteroatoms. The molecule has 0 aliphatic carbocycles. The van der Waals surface area contributed by atoms with Crippen molar-refractivity contribution in [1.82, 2.24) is 4.98 Å². The van der Waals surface area contributed by atoms with Gasteiger partial charge in [0.15, 0.2) is 11.4 Å². The monoisotopic (exact) mass is 273 g/mol. The highest BCUT2D eigenvalue weighted by molar-refractivity contribution is 5.98. The van der Waals surface area contributed by atoms with Crippen LogP contribution in [0.4, 0.5) is 13.2 Å². The van der Waals surface area contributed by atoms with E-state index in [4.69, 9.17) is 5.11 Å². The Kier molecular flexibility index (Phi) is 2.73. The Morgan fingerprint density at radius 3 is 2.37 bits per heavy atom. The smallest absolute Gasteiger partial charge is 0.416 e. The molecule has 0 bridgehead atoms. The number of hydrogen-bond donors (Lipinski definition) is 3. The fourth-order valence-electron chi connectivity index (χ4n) is 1.64. The van der Waals surface area contributed by atoms with Crippen LogP contribution in [0.25, 0.3) is 10.8 Å². The zero-order valence-corrected chi connectivity index (χ0v) is 9.08. The molecule has 0 spiro atoms. The van der Waals surface area contributed by atoms with Crippen LogP contribution in [0.1, 0.15) is 16.1 Å². The van der Waals surface area contributed by atoms with Gasteiger partial charge in [0.05, 0.1) is 10.9 Å². The molecule has 0 fully saturated rings. The number of aromatic nitrogens is 1. The summed E-state index contributed by atoms with van der Waals surface area (Å²) in [5.74, 6) is -2.55. The first-order chi connectivity index (χ1) is 8.71. The maximum absolute atomic E-state index is 12.5. The summed E-state index contributed by atoms with van der Waals surface area (Å²) in [4.78, 5) is 24.1. The maximum atomic E-state index is 12.5. The van der Waals surface area contributed by atoms with Crippen molar-refractivity contribution in [1.29, 1.82) is 0 Å². The number of pyridine rings is 1. The van der Waals surface area contributed by atoms with Gasteiger partial charge in [-0.1, -0.05) is 0 Å². The van der Waals surface area contributed by atoms with Crippen LogP contribution in [-0.2, 0) is 6.18 Å². The zero-order chi connectivity index (χ0) is 14.4. The number of alkyl halides is 3. The van der Waals surface area contributed by atoms with Gasteiger partial charge in [-0.05, 0) is 18.2 Å². The second-order valence-electron chi connectivity index (χ2n) is 3.74. The molecule has 100 valence electrons. The topological polar surface area (TPSA) is 90.4 Å². The van der Waals surface area contributed by atoms with Crippen LogP contribution in [-0.4, -0.2) is 21.2 Å². The van der Waals surface area contributed by atoms with E-state index in [0.717, 1.165) is 6.07 Å². The number of H-pyrrole nitrogens is 1. The summed E-state index contributed by atoms with van der Waals surface area (Å²) >= 11 is 0. The highest BCUT2D eigenvalue weighted by atomic mass is 19.4. The van der Waals surface area contributed by atoms with Gasteiger partial charge in [-0.25, -0.2) is 4.79 Å². The molecular formula is C11H6F3NO4. The molecule has 1 aromatic heterocycles. The first-order valence-electron chi connectivity index (χ1n) is 4.91. The van der Waals surface area contributed by atoms with Crippen molar-refractivity contribution < 1.29 is 28.2 Å². The number of aromatic hydroxyl groups is 1. The number of fused-ring (bicyclic) bond motifs is 1. The van der Waals surface area contributed by atoms with E-state index in [2.05, 4.69) is 0 Å². The molecule has 0 radical (unpaired) electrons. The van der Waals surface area contributed by atoms with E-state index < -0.39 is 40.1 Å². The van der Waals surface area contributed by atoms with E-state index in [1.54, 1.807) is 0 Å². The molecule has 2 aromatic rings. The maximum Gasteiger partial charge on any atom is 0.416 e. The van der Waals surface area contributed by atoms with E-state index >= 15 is 0 Å². The summed E-state index contributed by atoms with van der Waals surface area (Å²) in [6.45, 7) is 0. The van der Waals surface area contributed by atoms with Gasteiger partial charge in [-0.2, -0.15) is 13.2 Å². The SMILES string of the molecule is O=C(O)c1[nH]c(=O)c2ccc(C(F)(F)F)cc2c1O. The summed E-state index contributed by atoms with van der Waals surface area (Å²) in [5.41, 5.74) is -2.83. The van der Waals surface area contributed by atoms with Gasteiger partial charge in [0.2, 0.25) is 0 Å². The number of halogens is 3. The molecule has 0 saturated carbocycles. The number of rotatable bonds is 1. The fraction of sp³-hybridized carbons (Fsp3) is 0.0909. The largest absolute Gasteiger partial charge is 0.505 e. The summed E-state index contributed by atoms with van der Waals surface area (Å²) < 4.78 is 37.6. The lowest BCUT2D eigenvalue weighted by Crippen LogP contribution is -2.14. The molecule has 0 aliphatic rings. The standard InChI is InChI=1S/C11H6F3NO4/c12-11(13,14)4-1-2-5-6(3-4)8(16)7(10(18)19)15-9(5)17/h1-3,16H,(H,15,17)(H,18,19). The lowest BCUT2D eigenvalue weighted by Gasteiger charge is -2.09. The van der Waals surface area contributed by atoms with Crippen molar-refractivity contribution in [2.24, 2.45) is 0 Å². The number of aromatic amines is 1. The van der Waals surface area contributed by atoms with E-state index in [9.17, 15) is 27.9 Å². The van der Waals surface area contributed by atoms with Crippen molar-refractivity contribution in [3.05, 3.63) is 39.8 Å². The molecule has 0 saturated heterocycles. The molecule has 3 N–H and O–H groups in total. The van der Waals surface area contributed by atoms with Gasteiger partial charge in [-0.15, -0.1) is 0 Å². The van der Waals surface area contributed by atoms with Crippen LogP contribution in [0.3, 0.4) is 0 Å². The average molecular weight is 273 g/mol. The van der Waals surface area contributed by atoms with Crippen LogP contribution in [0, 0.1) is 0 Å².